The molecule has 0 radical (unpaired) electrons. The fourth-order valence-electron chi connectivity index (χ4n) is 1.31. The molecule has 0 bridgehead atoms. The minimum atomic E-state index is 0.461. The van der Waals surface area contributed by atoms with Crippen LogP contribution < -0.4 is 5.32 Å². The largest absolute Gasteiger partial charge is 0.358 e. The molecule has 1 atom stereocenters. The van der Waals surface area contributed by atoms with Gasteiger partial charge in [-0.05, 0) is 26.2 Å². The Balaban J connectivity index is 2.30. The number of nitrogens with zero attached hydrogens (tertiary/aromatic N) is 2. The van der Waals surface area contributed by atoms with Crippen molar-refractivity contribution in [3.63, 3.8) is 0 Å². The van der Waals surface area contributed by atoms with Crippen LogP contribution in [-0.4, -0.2) is 15.4 Å². The van der Waals surface area contributed by atoms with Crippen molar-refractivity contribution in [2.45, 2.75) is 45.6 Å². The van der Waals surface area contributed by atoms with E-state index in [9.17, 15) is 0 Å². The third kappa shape index (κ3) is 4.42. The lowest BCUT2D eigenvalue weighted by Gasteiger charge is -2.11. The lowest BCUT2D eigenvalue weighted by molar-refractivity contribution is 0.662. The molecule has 0 aromatic carbocycles. The van der Waals surface area contributed by atoms with Gasteiger partial charge in [-0.15, -0.1) is 6.58 Å². The molecule has 1 heterocycles. The molecule has 3 nitrogen and oxygen atoms in total. The summed E-state index contributed by atoms with van der Waals surface area (Å²) in [4.78, 5) is 4.37. The number of nitrogens with one attached hydrogen (secondary N) is 1. The van der Waals surface area contributed by atoms with E-state index in [0.717, 1.165) is 30.2 Å². The molecule has 0 fully saturated rings. The Hall–Kier alpha value is -0.900. The van der Waals surface area contributed by atoms with Gasteiger partial charge in [0, 0.05) is 24.0 Å². The topological polar surface area (TPSA) is 37.8 Å². The molecule has 0 spiro atoms. The zero-order valence-corrected chi connectivity index (χ0v) is 10.3. The molecule has 1 rings (SSSR count). The lowest BCUT2D eigenvalue weighted by Crippen LogP contribution is -2.14. The molecule has 0 aliphatic carbocycles. The fraction of sp³-hybridized carbons (Fsp3) is 0.636. The van der Waals surface area contributed by atoms with Crippen molar-refractivity contribution < 1.29 is 0 Å². The maximum absolute atomic E-state index is 4.37. The molecule has 1 unspecified atom stereocenters. The van der Waals surface area contributed by atoms with E-state index in [1.54, 1.807) is 0 Å². The molecule has 4 heteroatoms. The van der Waals surface area contributed by atoms with Gasteiger partial charge in [0.25, 0.3) is 0 Å². The van der Waals surface area contributed by atoms with E-state index in [4.69, 9.17) is 0 Å². The molecule has 0 aliphatic heterocycles. The molecule has 1 aromatic heterocycles. The highest BCUT2D eigenvalue weighted by atomic mass is 32.1. The predicted molar refractivity (Wildman–Crippen MR) is 66.4 cm³/mol. The van der Waals surface area contributed by atoms with Crippen LogP contribution in [0.15, 0.2) is 12.7 Å². The van der Waals surface area contributed by atoms with E-state index in [2.05, 4.69) is 35.1 Å². The van der Waals surface area contributed by atoms with Crippen molar-refractivity contribution in [3.8, 4) is 0 Å². The first-order valence-electron chi connectivity index (χ1n) is 5.46. The number of aryl methyl sites for hydroxylation is 1. The third-order valence-electron chi connectivity index (χ3n) is 2.20. The monoisotopic (exact) mass is 225 g/mol. The minimum Gasteiger partial charge on any atom is -0.358 e. The Labute approximate surface area is 95.8 Å². The highest BCUT2D eigenvalue weighted by molar-refractivity contribution is 7.09. The number of rotatable bonds is 7. The molecule has 0 saturated carbocycles. The van der Waals surface area contributed by atoms with Gasteiger partial charge in [-0.25, -0.2) is 4.98 Å². The van der Waals surface area contributed by atoms with E-state index in [0.29, 0.717) is 6.04 Å². The summed E-state index contributed by atoms with van der Waals surface area (Å²) >= 11 is 1.45. The Morgan fingerprint density at radius 3 is 3.00 bits per heavy atom. The van der Waals surface area contributed by atoms with Crippen molar-refractivity contribution in [1.82, 2.24) is 9.36 Å². The van der Waals surface area contributed by atoms with Gasteiger partial charge < -0.3 is 5.32 Å². The Morgan fingerprint density at radius 2 is 2.40 bits per heavy atom. The van der Waals surface area contributed by atoms with Crippen LogP contribution in [0.3, 0.4) is 0 Å². The molecule has 1 N–H and O–H groups in total. The third-order valence-corrected chi connectivity index (χ3v) is 2.88. The molecule has 0 saturated heterocycles. The van der Waals surface area contributed by atoms with Crippen LogP contribution in [0.5, 0.6) is 0 Å². The second-order valence-electron chi connectivity index (χ2n) is 3.63. The Morgan fingerprint density at radius 1 is 1.60 bits per heavy atom. The van der Waals surface area contributed by atoms with Crippen LogP contribution in [-0.2, 0) is 6.42 Å². The minimum absolute atomic E-state index is 0.461. The molecule has 15 heavy (non-hydrogen) atoms. The zero-order chi connectivity index (χ0) is 11.1. The maximum Gasteiger partial charge on any atom is 0.202 e. The van der Waals surface area contributed by atoms with Crippen LogP contribution in [0, 0.1) is 0 Å². The van der Waals surface area contributed by atoms with Gasteiger partial charge in [0.15, 0.2) is 0 Å². The number of unbranched alkanes of at least 4 members (excludes halogenated alkanes) is 1. The zero-order valence-electron chi connectivity index (χ0n) is 9.49. The van der Waals surface area contributed by atoms with E-state index < -0.39 is 0 Å². The smallest absolute Gasteiger partial charge is 0.202 e. The van der Waals surface area contributed by atoms with Gasteiger partial charge in [-0.3, -0.25) is 0 Å². The van der Waals surface area contributed by atoms with Gasteiger partial charge in [-0.1, -0.05) is 13.0 Å². The summed E-state index contributed by atoms with van der Waals surface area (Å²) in [5, 5.41) is 4.31. The predicted octanol–water partition coefficient (Wildman–Crippen LogP) is 3.26. The average Bonchev–Trinajstić information content (AvgIpc) is 2.66. The Bertz CT molecular complexity index is 296. The highest BCUT2D eigenvalue weighted by Gasteiger charge is 2.05. The normalized spacial score (nSPS) is 12.4. The number of hydrogen-bond acceptors (Lipinski definition) is 4. The number of aromatic nitrogens is 2. The first-order valence-corrected chi connectivity index (χ1v) is 6.23. The van der Waals surface area contributed by atoms with Crippen molar-refractivity contribution in [1.29, 1.82) is 0 Å². The van der Waals surface area contributed by atoms with Crippen molar-refractivity contribution >= 4 is 16.7 Å². The summed E-state index contributed by atoms with van der Waals surface area (Å²) in [5.74, 6) is 0.931. The van der Waals surface area contributed by atoms with Crippen molar-refractivity contribution in [2.24, 2.45) is 0 Å². The maximum atomic E-state index is 4.37. The quantitative estimate of drug-likeness (QED) is 0.572. The molecule has 84 valence electrons. The van der Waals surface area contributed by atoms with Gasteiger partial charge in [0.05, 0.1) is 0 Å². The number of allylic oxidation sites excluding steroid dienone is 1. The van der Waals surface area contributed by atoms with Gasteiger partial charge in [0.1, 0.15) is 5.82 Å². The van der Waals surface area contributed by atoms with Gasteiger partial charge in [-0.2, -0.15) is 4.37 Å². The summed E-state index contributed by atoms with van der Waals surface area (Å²) in [5.41, 5.74) is 0. The fourth-order valence-corrected chi connectivity index (χ4v) is 2.07. The first-order chi connectivity index (χ1) is 7.26. The van der Waals surface area contributed by atoms with Crippen LogP contribution in [0.4, 0.5) is 5.13 Å². The molecule has 1 aromatic rings. The highest BCUT2D eigenvalue weighted by Crippen LogP contribution is 2.14. The van der Waals surface area contributed by atoms with Gasteiger partial charge >= 0.3 is 0 Å². The summed E-state index contributed by atoms with van der Waals surface area (Å²) < 4.78 is 4.24. The Kier molecular flexibility index (Phi) is 5.32. The second kappa shape index (κ2) is 6.56. The standard InChI is InChI=1S/C11H19N3S/c1-4-6-7-8-9(3)12-11-13-10(5-2)14-15-11/h4,9H,1,5-8H2,2-3H3,(H,12,13,14). The van der Waals surface area contributed by atoms with Crippen LogP contribution >= 0.6 is 11.5 Å². The van der Waals surface area contributed by atoms with Gasteiger partial charge in [0.2, 0.25) is 5.13 Å². The van der Waals surface area contributed by atoms with Crippen molar-refractivity contribution in [2.75, 3.05) is 5.32 Å². The van der Waals surface area contributed by atoms with Crippen molar-refractivity contribution in [3.05, 3.63) is 18.5 Å². The average molecular weight is 225 g/mol. The molecular formula is C11H19N3S. The SMILES string of the molecule is C=CCCCC(C)Nc1nc(CC)ns1. The van der Waals surface area contributed by atoms with Crippen LogP contribution in [0.1, 0.15) is 38.9 Å². The molecule has 0 aliphatic rings. The van der Waals surface area contributed by atoms with E-state index in [1.807, 2.05) is 6.08 Å². The summed E-state index contributed by atoms with van der Waals surface area (Å²) in [7, 11) is 0. The van der Waals surface area contributed by atoms with E-state index in [-0.39, 0.29) is 0 Å². The summed E-state index contributed by atoms with van der Waals surface area (Å²) in [6.07, 6.45) is 6.28. The summed E-state index contributed by atoms with van der Waals surface area (Å²) in [6, 6.07) is 0.461. The molecule has 0 amide bonds. The lowest BCUT2D eigenvalue weighted by atomic mass is 10.1. The van der Waals surface area contributed by atoms with Crippen LogP contribution in [0.2, 0.25) is 0 Å². The first kappa shape index (κ1) is 12.2. The van der Waals surface area contributed by atoms with E-state index in [1.165, 1.54) is 18.0 Å². The summed E-state index contributed by atoms with van der Waals surface area (Å²) in [6.45, 7) is 7.96. The number of anilines is 1. The molecular weight excluding hydrogens is 206 g/mol. The second-order valence-corrected chi connectivity index (χ2v) is 4.39. The van der Waals surface area contributed by atoms with Crippen LogP contribution in [0.25, 0.3) is 0 Å². The van der Waals surface area contributed by atoms with E-state index >= 15 is 0 Å². The number of hydrogen-bond donors (Lipinski definition) is 1.